The van der Waals surface area contributed by atoms with E-state index in [1.165, 1.54) is 26.3 Å². The van der Waals surface area contributed by atoms with Crippen LogP contribution in [0.4, 0.5) is 20.3 Å². The van der Waals surface area contributed by atoms with Crippen LogP contribution in [-0.2, 0) is 4.79 Å². The number of aromatic nitrogens is 2. The summed E-state index contributed by atoms with van der Waals surface area (Å²) in [6.45, 7) is 12.4. The molecule has 0 fully saturated rings. The summed E-state index contributed by atoms with van der Waals surface area (Å²) < 4.78 is 23.8. The standard InChI is InChI=1S/C25H25N5O.C5H10F2.C2H6/c1-16(18(3)31)12-20-4-5-21(13-17(20)2)25-28-11-10-24(30-25)29-23-8-6-19(7-9-23)22(14-26)15-27;1-3-5(6,7)4-2;1-2/h4-15,26H,27H2,1-3H3,(H,28,29,30);3-4H2,1-2H3;1-2H3/b16-12+,22-15+,26-14?;;. The van der Waals surface area contributed by atoms with Gasteiger partial charge in [-0.05, 0) is 73.4 Å². The first kappa shape index (κ1) is 33.8. The fraction of sp³-hybridized carbons (Fsp3) is 0.312. The van der Waals surface area contributed by atoms with Crippen LogP contribution >= 0.6 is 0 Å². The van der Waals surface area contributed by atoms with Crippen LogP contribution in [0.5, 0.6) is 0 Å². The Morgan fingerprint density at radius 3 is 2.15 bits per heavy atom. The summed E-state index contributed by atoms with van der Waals surface area (Å²) in [5.74, 6) is -1.07. The first-order valence-electron chi connectivity index (χ1n) is 13.3. The van der Waals surface area contributed by atoms with Crippen LogP contribution in [0.15, 0.2) is 66.5 Å². The highest BCUT2D eigenvalue weighted by molar-refractivity contribution is 6.08. The summed E-state index contributed by atoms with van der Waals surface area (Å²) in [7, 11) is 0. The number of hydrogen-bond acceptors (Lipinski definition) is 6. The molecule has 6 nitrogen and oxygen atoms in total. The Morgan fingerprint density at radius 2 is 1.68 bits per heavy atom. The molecule has 0 spiro atoms. The molecule has 1 heterocycles. The molecule has 0 radical (unpaired) electrons. The van der Waals surface area contributed by atoms with Crippen LogP contribution in [0.3, 0.4) is 0 Å². The zero-order valence-corrected chi connectivity index (χ0v) is 24.5. The Bertz CT molecular complexity index is 1310. The molecule has 0 amide bonds. The van der Waals surface area contributed by atoms with Gasteiger partial charge in [0.05, 0.1) is 0 Å². The summed E-state index contributed by atoms with van der Waals surface area (Å²) in [6.07, 6.45) is 6.17. The van der Waals surface area contributed by atoms with Crippen molar-refractivity contribution >= 4 is 35.2 Å². The summed E-state index contributed by atoms with van der Waals surface area (Å²) >= 11 is 0. The molecule has 40 heavy (non-hydrogen) atoms. The number of Topliss-reactive ketones (excluding diaryl/α,β-unsaturated/α-hetero) is 1. The summed E-state index contributed by atoms with van der Waals surface area (Å²) in [4.78, 5) is 20.5. The van der Waals surface area contributed by atoms with E-state index in [0.717, 1.165) is 33.5 Å². The van der Waals surface area contributed by atoms with Gasteiger partial charge in [-0.15, -0.1) is 0 Å². The minimum absolute atomic E-state index is 0.0382. The van der Waals surface area contributed by atoms with E-state index >= 15 is 0 Å². The molecule has 4 N–H and O–H groups in total. The fourth-order valence-corrected chi connectivity index (χ4v) is 3.25. The van der Waals surface area contributed by atoms with Crippen molar-refractivity contribution in [2.24, 2.45) is 5.73 Å². The van der Waals surface area contributed by atoms with Gasteiger partial charge >= 0.3 is 0 Å². The maximum atomic E-state index is 11.9. The molecule has 0 aliphatic rings. The quantitative estimate of drug-likeness (QED) is 0.183. The molecular weight excluding hydrogens is 508 g/mol. The van der Waals surface area contributed by atoms with Crippen molar-refractivity contribution in [3.63, 3.8) is 0 Å². The molecule has 214 valence electrons. The average molecular weight is 550 g/mol. The number of nitrogens with one attached hydrogen (secondary N) is 2. The number of nitrogens with two attached hydrogens (primary N) is 1. The predicted molar refractivity (Wildman–Crippen MR) is 164 cm³/mol. The molecule has 0 aliphatic carbocycles. The first-order chi connectivity index (χ1) is 19.0. The molecule has 0 unspecified atom stereocenters. The SMILES string of the molecule is CC.CC(=O)/C(C)=C/c1ccc(-c2nccc(Nc3ccc(/C(C=N)=C/N)cc3)n2)cc1C.CCC(F)(F)CC. The Kier molecular flexibility index (Phi) is 14.1. The molecule has 0 bridgehead atoms. The fourth-order valence-electron chi connectivity index (χ4n) is 3.25. The molecule has 0 saturated carbocycles. The van der Waals surface area contributed by atoms with E-state index in [1.54, 1.807) is 19.2 Å². The third-order valence-electron chi connectivity index (χ3n) is 5.97. The Morgan fingerprint density at radius 1 is 1.05 bits per heavy atom. The summed E-state index contributed by atoms with van der Waals surface area (Å²) in [6, 6.07) is 15.4. The van der Waals surface area contributed by atoms with Gasteiger partial charge in [-0.2, -0.15) is 0 Å². The van der Waals surface area contributed by atoms with E-state index in [1.807, 2.05) is 76.2 Å². The molecule has 1 aromatic heterocycles. The van der Waals surface area contributed by atoms with Crippen molar-refractivity contribution < 1.29 is 13.6 Å². The minimum Gasteiger partial charge on any atom is -0.404 e. The van der Waals surface area contributed by atoms with Crippen LogP contribution in [0, 0.1) is 12.3 Å². The highest BCUT2D eigenvalue weighted by Crippen LogP contribution is 2.24. The van der Waals surface area contributed by atoms with Gasteiger partial charge in [-0.3, -0.25) is 4.79 Å². The monoisotopic (exact) mass is 549 g/mol. The lowest BCUT2D eigenvalue weighted by molar-refractivity contribution is -0.113. The maximum absolute atomic E-state index is 11.9. The van der Waals surface area contributed by atoms with Gasteiger partial charge in [-0.1, -0.05) is 52.0 Å². The van der Waals surface area contributed by atoms with E-state index < -0.39 is 5.92 Å². The van der Waals surface area contributed by atoms with Crippen LogP contribution in [-0.4, -0.2) is 27.9 Å². The van der Waals surface area contributed by atoms with Crippen molar-refractivity contribution in [3.8, 4) is 11.4 Å². The van der Waals surface area contributed by atoms with Crippen LogP contribution in [0.1, 0.15) is 71.1 Å². The van der Waals surface area contributed by atoms with Crippen LogP contribution in [0.2, 0.25) is 0 Å². The third-order valence-corrected chi connectivity index (χ3v) is 5.97. The van der Waals surface area contributed by atoms with Crippen LogP contribution < -0.4 is 11.1 Å². The number of allylic oxidation sites excluding steroid dienone is 2. The van der Waals surface area contributed by atoms with Crippen molar-refractivity contribution in [3.05, 3.63) is 83.2 Å². The number of alkyl halides is 2. The van der Waals surface area contributed by atoms with Gasteiger partial charge in [0, 0.05) is 48.3 Å². The lowest BCUT2D eigenvalue weighted by atomic mass is 10.0. The number of carbonyl (C=O) groups excluding carboxylic acids is 1. The molecule has 8 heteroatoms. The Labute approximate surface area is 237 Å². The van der Waals surface area contributed by atoms with Crippen molar-refractivity contribution in [1.82, 2.24) is 9.97 Å². The largest absolute Gasteiger partial charge is 0.404 e. The van der Waals surface area contributed by atoms with E-state index in [4.69, 9.17) is 11.1 Å². The predicted octanol–water partition coefficient (Wildman–Crippen LogP) is 8.60. The van der Waals surface area contributed by atoms with E-state index in [0.29, 0.717) is 17.2 Å². The van der Waals surface area contributed by atoms with Crippen molar-refractivity contribution in [1.29, 1.82) is 5.41 Å². The maximum Gasteiger partial charge on any atom is 0.247 e. The van der Waals surface area contributed by atoms with E-state index in [9.17, 15) is 13.6 Å². The number of benzene rings is 2. The topological polar surface area (TPSA) is 105 Å². The molecule has 0 aliphatic heterocycles. The number of ketones is 1. The normalized spacial score (nSPS) is 11.4. The first-order valence-corrected chi connectivity index (χ1v) is 13.3. The second-order valence-corrected chi connectivity index (χ2v) is 8.75. The molecule has 2 aromatic carbocycles. The zero-order valence-electron chi connectivity index (χ0n) is 24.5. The highest BCUT2D eigenvalue weighted by Gasteiger charge is 2.21. The molecule has 0 saturated heterocycles. The van der Waals surface area contributed by atoms with Gasteiger partial charge in [0.1, 0.15) is 5.82 Å². The van der Waals surface area contributed by atoms with E-state index in [-0.39, 0.29) is 18.6 Å². The molecule has 3 rings (SSSR count). The van der Waals surface area contributed by atoms with Crippen LogP contribution in [0.25, 0.3) is 23.0 Å². The number of rotatable bonds is 9. The van der Waals surface area contributed by atoms with Crippen molar-refractivity contribution in [2.75, 3.05) is 5.32 Å². The summed E-state index contributed by atoms with van der Waals surface area (Å²) in [5.41, 5.74) is 11.6. The number of carbonyl (C=O) groups is 1. The second-order valence-electron chi connectivity index (χ2n) is 8.75. The Hall–Kier alpha value is -4.20. The van der Waals surface area contributed by atoms with Gasteiger partial charge in [0.2, 0.25) is 5.92 Å². The Balaban J connectivity index is 0.000000775. The molecule has 3 aromatic rings. The van der Waals surface area contributed by atoms with Gasteiger partial charge in [0.25, 0.3) is 0 Å². The van der Waals surface area contributed by atoms with Crippen molar-refractivity contribution in [2.45, 2.75) is 67.2 Å². The minimum atomic E-state index is -2.42. The lowest BCUT2D eigenvalue weighted by Crippen LogP contribution is -2.10. The second kappa shape index (κ2) is 16.7. The molecule has 0 atom stereocenters. The molecular formula is C32H41F2N5O. The highest BCUT2D eigenvalue weighted by atomic mass is 19.3. The number of halogens is 2. The number of hydrogen-bond donors (Lipinski definition) is 3. The zero-order chi connectivity index (χ0) is 30.3. The third kappa shape index (κ3) is 10.5. The smallest absolute Gasteiger partial charge is 0.247 e. The summed E-state index contributed by atoms with van der Waals surface area (Å²) in [5, 5.41) is 10.7. The van der Waals surface area contributed by atoms with Gasteiger partial charge < -0.3 is 16.5 Å². The number of aryl methyl sites for hydroxylation is 1. The number of nitrogens with zero attached hydrogens (tertiary/aromatic N) is 2. The van der Waals surface area contributed by atoms with Gasteiger partial charge in [-0.25, -0.2) is 18.7 Å². The number of anilines is 2. The average Bonchev–Trinajstić information content (AvgIpc) is 2.97. The van der Waals surface area contributed by atoms with Gasteiger partial charge in [0.15, 0.2) is 11.6 Å². The van der Waals surface area contributed by atoms with E-state index in [2.05, 4.69) is 15.3 Å². The lowest BCUT2D eigenvalue weighted by Gasteiger charge is -2.09.